The van der Waals surface area contributed by atoms with Gasteiger partial charge < -0.3 is 5.11 Å². The summed E-state index contributed by atoms with van der Waals surface area (Å²) in [6, 6.07) is 8.14. The van der Waals surface area contributed by atoms with E-state index in [0.29, 0.717) is 11.8 Å². The molecule has 136 valence electrons. The van der Waals surface area contributed by atoms with Crippen LogP contribution in [0.3, 0.4) is 0 Å². The van der Waals surface area contributed by atoms with Gasteiger partial charge in [0.2, 0.25) is 10.0 Å². The zero-order chi connectivity index (χ0) is 18.0. The fourth-order valence-electron chi connectivity index (χ4n) is 4.15. The SMILES string of the molecule is CCCCC(=CC(=O)O)C1C(NS(=O)(=O)c2ccccc2)CC2CC21. The molecule has 2 saturated carbocycles. The lowest BCUT2D eigenvalue weighted by atomic mass is 9.87. The molecule has 0 radical (unpaired) electrons. The Kier molecular flexibility index (Phi) is 5.29. The van der Waals surface area contributed by atoms with Gasteiger partial charge >= 0.3 is 5.97 Å². The molecule has 0 aromatic heterocycles. The maximum absolute atomic E-state index is 12.7. The van der Waals surface area contributed by atoms with Gasteiger partial charge in [0.15, 0.2) is 0 Å². The Morgan fingerprint density at radius 2 is 2.00 bits per heavy atom. The van der Waals surface area contributed by atoms with Gasteiger partial charge in [0.05, 0.1) is 4.90 Å². The van der Waals surface area contributed by atoms with Gasteiger partial charge in [0.1, 0.15) is 0 Å². The molecule has 1 aromatic rings. The highest BCUT2D eigenvalue weighted by Crippen LogP contribution is 2.58. The van der Waals surface area contributed by atoms with E-state index in [0.717, 1.165) is 37.7 Å². The molecular formula is C19H25NO4S. The van der Waals surface area contributed by atoms with Gasteiger partial charge in [-0.15, -0.1) is 0 Å². The van der Waals surface area contributed by atoms with E-state index in [1.165, 1.54) is 6.08 Å². The summed E-state index contributed by atoms with van der Waals surface area (Å²) in [5, 5.41) is 9.23. The summed E-state index contributed by atoms with van der Waals surface area (Å²) in [7, 11) is -3.59. The Morgan fingerprint density at radius 1 is 1.28 bits per heavy atom. The van der Waals surface area contributed by atoms with Crippen molar-refractivity contribution in [1.82, 2.24) is 4.72 Å². The van der Waals surface area contributed by atoms with E-state index in [9.17, 15) is 18.3 Å². The summed E-state index contributed by atoms with van der Waals surface area (Å²) < 4.78 is 28.2. The number of carboxylic acid groups (broad SMARTS) is 1. The molecule has 2 fully saturated rings. The lowest BCUT2D eigenvalue weighted by Crippen LogP contribution is -2.39. The van der Waals surface area contributed by atoms with Crippen LogP contribution in [-0.4, -0.2) is 25.5 Å². The van der Waals surface area contributed by atoms with Crippen LogP contribution in [0.5, 0.6) is 0 Å². The molecule has 1 aromatic carbocycles. The van der Waals surface area contributed by atoms with Crippen LogP contribution in [0.2, 0.25) is 0 Å². The first-order chi connectivity index (χ1) is 11.9. The number of unbranched alkanes of at least 4 members (excludes halogenated alkanes) is 1. The quantitative estimate of drug-likeness (QED) is 0.695. The minimum absolute atomic E-state index is 0.00568. The second kappa shape index (κ2) is 7.30. The molecule has 0 saturated heterocycles. The number of carbonyl (C=O) groups is 1. The van der Waals surface area contributed by atoms with Crippen molar-refractivity contribution in [2.75, 3.05) is 0 Å². The second-order valence-electron chi connectivity index (χ2n) is 7.12. The first kappa shape index (κ1) is 18.1. The molecule has 0 spiro atoms. The smallest absolute Gasteiger partial charge is 0.328 e. The zero-order valence-corrected chi connectivity index (χ0v) is 15.2. The molecule has 0 bridgehead atoms. The van der Waals surface area contributed by atoms with Crippen LogP contribution in [0, 0.1) is 17.8 Å². The van der Waals surface area contributed by atoms with E-state index in [2.05, 4.69) is 11.6 Å². The Hall–Kier alpha value is -1.66. The van der Waals surface area contributed by atoms with Gasteiger partial charge in [-0.25, -0.2) is 17.9 Å². The van der Waals surface area contributed by atoms with E-state index in [1.54, 1.807) is 30.3 Å². The topological polar surface area (TPSA) is 83.5 Å². The Morgan fingerprint density at radius 3 is 2.64 bits per heavy atom. The van der Waals surface area contributed by atoms with Crippen molar-refractivity contribution in [2.45, 2.75) is 50.0 Å². The summed E-state index contributed by atoms with van der Waals surface area (Å²) in [4.78, 5) is 11.5. The van der Waals surface area contributed by atoms with Crippen LogP contribution in [0.25, 0.3) is 0 Å². The molecule has 2 N–H and O–H groups in total. The predicted molar refractivity (Wildman–Crippen MR) is 95.5 cm³/mol. The predicted octanol–water partition coefficient (Wildman–Crippen LogP) is 3.19. The fraction of sp³-hybridized carbons (Fsp3) is 0.526. The molecule has 6 heteroatoms. The van der Waals surface area contributed by atoms with Crippen LogP contribution in [-0.2, 0) is 14.8 Å². The van der Waals surface area contributed by atoms with Gasteiger partial charge in [-0.3, -0.25) is 0 Å². The number of nitrogens with one attached hydrogen (secondary N) is 1. The van der Waals surface area contributed by atoms with Crippen molar-refractivity contribution >= 4 is 16.0 Å². The number of benzene rings is 1. The van der Waals surface area contributed by atoms with Crippen molar-refractivity contribution in [2.24, 2.45) is 17.8 Å². The maximum Gasteiger partial charge on any atom is 0.328 e. The minimum atomic E-state index is -3.59. The van der Waals surface area contributed by atoms with Gasteiger partial charge in [0, 0.05) is 12.1 Å². The third-order valence-corrected chi connectivity index (χ3v) is 6.85. The normalized spacial score (nSPS) is 28.6. The van der Waals surface area contributed by atoms with Crippen molar-refractivity contribution in [3.8, 4) is 0 Å². The first-order valence-corrected chi connectivity index (χ1v) is 10.4. The molecule has 2 aliphatic rings. The first-order valence-electron chi connectivity index (χ1n) is 8.93. The number of aliphatic carboxylic acids is 1. The number of hydrogen-bond donors (Lipinski definition) is 2. The average molecular weight is 363 g/mol. The van der Waals surface area contributed by atoms with Crippen molar-refractivity contribution in [3.05, 3.63) is 42.0 Å². The van der Waals surface area contributed by atoms with E-state index >= 15 is 0 Å². The summed E-state index contributed by atoms with van der Waals surface area (Å²) in [6.45, 7) is 2.07. The van der Waals surface area contributed by atoms with Gasteiger partial charge in [-0.1, -0.05) is 37.1 Å². The van der Waals surface area contributed by atoms with E-state index < -0.39 is 16.0 Å². The fourth-order valence-corrected chi connectivity index (χ4v) is 5.44. The second-order valence-corrected chi connectivity index (χ2v) is 8.84. The molecule has 3 rings (SSSR count). The van der Waals surface area contributed by atoms with Gasteiger partial charge in [-0.2, -0.15) is 0 Å². The molecule has 0 heterocycles. The van der Waals surface area contributed by atoms with Crippen molar-refractivity contribution < 1.29 is 18.3 Å². The molecular weight excluding hydrogens is 338 g/mol. The molecule has 0 aliphatic heterocycles. The van der Waals surface area contributed by atoms with Crippen LogP contribution in [0.15, 0.2) is 46.9 Å². The van der Waals surface area contributed by atoms with E-state index in [-0.39, 0.29) is 16.9 Å². The largest absolute Gasteiger partial charge is 0.478 e. The number of hydrogen-bond acceptors (Lipinski definition) is 3. The van der Waals surface area contributed by atoms with Crippen LogP contribution < -0.4 is 4.72 Å². The summed E-state index contributed by atoms with van der Waals surface area (Å²) in [5.41, 5.74) is 0.889. The van der Waals surface area contributed by atoms with Gasteiger partial charge in [0.25, 0.3) is 0 Å². The van der Waals surface area contributed by atoms with Crippen LogP contribution in [0.4, 0.5) is 0 Å². The number of sulfonamides is 1. The molecule has 2 aliphatic carbocycles. The lowest BCUT2D eigenvalue weighted by molar-refractivity contribution is -0.131. The highest BCUT2D eigenvalue weighted by molar-refractivity contribution is 7.89. The van der Waals surface area contributed by atoms with Crippen LogP contribution in [0.1, 0.15) is 39.0 Å². The molecule has 0 amide bonds. The van der Waals surface area contributed by atoms with Crippen LogP contribution >= 0.6 is 0 Å². The number of fused-ring (bicyclic) bond motifs is 1. The van der Waals surface area contributed by atoms with Gasteiger partial charge in [-0.05, 0) is 55.6 Å². The van der Waals surface area contributed by atoms with E-state index in [4.69, 9.17) is 0 Å². The standard InChI is InChI=1S/C19H25NO4S/c1-2-3-7-13(12-18(21)22)19-16-10-14(16)11-17(19)20-25(23,24)15-8-5-4-6-9-15/h4-6,8-9,12,14,16-17,19-20H,2-3,7,10-11H2,1H3,(H,21,22). The monoisotopic (exact) mass is 363 g/mol. The highest BCUT2D eigenvalue weighted by atomic mass is 32.2. The number of carboxylic acids is 1. The zero-order valence-electron chi connectivity index (χ0n) is 14.4. The third-order valence-electron chi connectivity index (χ3n) is 5.34. The van der Waals surface area contributed by atoms with E-state index in [1.807, 2.05) is 0 Å². The highest BCUT2D eigenvalue weighted by Gasteiger charge is 2.55. The summed E-state index contributed by atoms with van der Waals surface area (Å²) in [6.07, 6.45) is 5.82. The molecule has 4 atom stereocenters. The van der Waals surface area contributed by atoms with Crippen molar-refractivity contribution in [3.63, 3.8) is 0 Å². The lowest BCUT2D eigenvalue weighted by Gasteiger charge is -2.26. The third kappa shape index (κ3) is 4.12. The number of rotatable bonds is 8. The average Bonchev–Trinajstić information content (AvgIpc) is 3.23. The molecule has 4 unspecified atom stereocenters. The maximum atomic E-state index is 12.7. The summed E-state index contributed by atoms with van der Waals surface area (Å²) >= 11 is 0. The molecule has 5 nitrogen and oxygen atoms in total. The summed E-state index contributed by atoms with van der Waals surface area (Å²) in [5.74, 6) is 0.00392. The van der Waals surface area contributed by atoms with Crippen molar-refractivity contribution in [1.29, 1.82) is 0 Å². The Balaban J connectivity index is 1.82. The Bertz CT molecular complexity index is 757. The Labute approximate surface area is 149 Å². The molecule has 25 heavy (non-hydrogen) atoms. The minimum Gasteiger partial charge on any atom is -0.478 e.